The molecule has 0 aliphatic heterocycles. The number of nitrogens with zero attached hydrogens (tertiary/aromatic N) is 2. The second-order valence-electron chi connectivity index (χ2n) is 2.12. The summed E-state index contributed by atoms with van der Waals surface area (Å²) in [7, 11) is 0. The molecular weight excluding hydrogens is 160 g/mol. The third kappa shape index (κ3) is 1.35. The molecule has 0 heterocycles. The number of rotatable bonds is 3. The number of aliphatic hydroxyl groups is 1. The molecule has 0 aliphatic carbocycles. The van der Waals surface area contributed by atoms with Crippen molar-refractivity contribution in [2.45, 2.75) is 6.61 Å². The average molecular weight is 166 g/mol. The molecule has 0 saturated heterocycles. The quantitative estimate of drug-likeness (QED) is 0.697. The monoisotopic (exact) mass is 166 g/mol. The van der Waals surface area contributed by atoms with Crippen LogP contribution in [-0.4, -0.2) is 5.11 Å². The van der Waals surface area contributed by atoms with Crippen LogP contribution >= 0.6 is 0 Å². The van der Waals surface area contributed by atoms with E-state index in [4.69, 9.17) is 5.11 Å². The molecular formula is C7H6N2O3. The van der Waals surface area contributed by atoms with E-state index in [2.05, 4.69) is 10.4 Å². The van der Waals surface area contributed by atoms with Crippen LogP contribution in [0.15, 0.2) is 28.6 Å². The molecule has 1 rings (SSSR count). The Hall–Kier alpha value is -1.62. The Morgan fingerprint density at radius 1 is 1.17 bits per heavy atom. The predicted molar refractivity (Wildman–Crippen MR) is 43.3 cm³/mol. The Balaban J connectivity index is 3.30. The molecule has 0 fully saturated rings. The Kier molecular flexibility index (Phi) is 2.60. The van der Waals surface area contributed by atoms with Gasteiger partial charge in [-0.05, 0) is 22.5 Å². The molecule has 0 aromatic heterocycles. The highest BCUT2D eigenvalue weighted by Gasteiger charge is 2.07. The van der Waals surface area contributed by atoms with Gasteiger partial charge in [-0.2, -0.15) is 0 Å². The largest absolute Gasteiger partial charge is 0.392 e. The first-order valence-electron chi connectivity index (χ1n) is 3.23. The predicted octanol–water partition coefficient (Wildman–Crippen LogP) is 1.97. The van der Waals surface area contributed by atoms with E-state index in [1.165, 1.54) is 18.2 Å². The Bertz CT molecular complexity index is 285. The highest BCUT2D eigenvalue weighted by atomic mass is 16.3. The fraction of sp³-hybridized carbons (Fsp3) is 0.143. The lowest BCUT2D eigenvalue weighted by molar-refractivity contribution is 0.283. The lowest BCUT2D eigenvalue weighted by Crippen LogP contribution is -1.83. The first kappa shape index (κ1) is 8.48. The zero-order valence-corrected chi connectivity index (χ0v) is 6.10. The van der Waals surface area contributed by atoms with E-state index in [1.807, 2.05) is 0 Å². The summed E-state index contributed by atoms with van der Waals surface area (Å²) < 4.78 is 0. The number of hydrogen-bond acceptors (Lipinski definition) is 5. The topological polar surface area (TPSA) is 79.1 Å². The maximum absolute atomic E-state index is 10.1. The molecule has 0 unspecified atom stereocenters. The third-order valence-electron chi connectivity index (χ3n) is 1.48. The number of hydrogen-bond donors (Lipinski definition) is 1. The van der Waals surface area contributed by atoms with Gasteiger partial charge in [-0.1, -0.05) is 6.07 Å². The minimum atomic E-state index is -0.414. The van der Waals surface area contributed by atoms with Gasteiger partial charge < -0.3 is 5.11 Å². The average Bonchev–Trinajstić information content (AvgIpc) is 2.16. The molecule has 0 atom stereocenters. The van der Waals surface area contributed by atoms with Crippen LogP contribution in [0, 0.1) is 9.81 Å². The molecule has 62 valence electrons. The van der Waals surface area contributed by atoms with Crippen molar-refractivity contribution in [1.29, 1.82) is 0 Å². The zero-order valence-electron chi connectivity index (χ0n) is 6.10. The van der Waals surface area contributed by atoms with Crippen molar-refractivity contribution in [3.05, 3.63) is 33.6 Å². The van der Waals surface area contributed by atoms with Gasteiger partial charge in [0.15, 0.2) is 0 Å². The zero-order chi connectivity index (χ0) is 8.97. The number of nitroso groups, excluding NO2 is 2. The van der Waals surface area contributed by atoms with Crippen molar-refractivity contribution >= 4 is 11.4 Å². The summed E-state index contributed by atoms with van der Waals surface area (Å²) in [5.74, 6) is 0. The van der Waals surface area contributed by atoms with Crippen LogP contribution in [0.5, 0.6) is 0 Å². The van der Waals surface area contributed by atoms with E-state index < -0.39 is 6.61 Å². The minimum absolute atomic E-state index is 0.0506. The van der Waals surface area contributed by atoms with Crippen molar-refractivity contribution in [2.75, 3.05) is 0 Å². The van der Waals surface area contributed by atoms with E-state index in [0.717, 1.165) is 0 Å². The van der Waals surface area contributed by atoms with Gasteiger partial charge >= 0.3 is 0 Å². The maximum Gasteiger partial charge on any atom is 0.115 e. The first-order valence-corrected chi connectivity index (χ1v) is 3.23. The lowest BCUT2D eigenvalue weighted by atomic mass is 10.1. The molecule has 0 radical (unpaired) electrons. The summed E-state index contributed by atoms with van der Waals surface area (Å²) in [5, 5.41) is 14.0. The summed E-state index contributed by atoms with van der Waals surface area (Å²) in [6.07, 6.45) is 0. The van der Waals surface area contributed by atoms with Crippen LogP contribution in [0.2, 0.25) is 0 Å². The molecule has 5 nitrogen and oxygen atoms in total. The van der Waals surface area contributed by atoms with E-state index in [1.54, 1.807) is 0 Å². The van der Waals surface area contributed by atoms with Crippen molar-refractivity contribution < 1.29 is 5.11 Å². The lowest BCUT2D eigenvalue weighted by Gasteiger charge is -1.99. The fourth-order valence-corrected chi connectivity index (χ4v) is 0.896. The third-order valence-corrected chi connectivity index (χ3v) is 1.48. The second kappa shape index (κ2) is 3.68. The molecule has 0 amide bonds. The molecule has 1 aromatic rings. The van der Waals surface area contributed by atoms with Crippen molar-refractivity contribution in [3.63, 3.8) is 0 Å². The molecule has 1 N–H and O–H groups in total. The van der Waals surface area contributed by atoms with Gasteiger partial charge in [-0.25, -0.2) is 0 Å². The van der Waals surface area contributed by atoms with Crippen LogP contribution < -0.4 is 0 Å². The number of benzene rings is 1. The van der Waals surface area contributed by atoms with Crippen LogP contribution in [0.3, 0.4) is 0 Å². The van der Waals surface area contributed by atoms with Crippen LogP contribution in [0.4, 0.5) is 11.4 Å². The van der Waals surface area contributed by atoms with Gasteiger partial charge in [0.25, 0.3) is 0 Å². The molecule has 5 heteroatoms. The Morgan fingerprint density at radius 3 is 2.00 bits per heavy atom. The molecule has 12 heavy (non-hydrogen) atoms. The minimum Gasteiger partial charge on any atom is -0.392 e. The first-order chi connectivity index (χ1) is 5.83. The Morgan fingerprint density at radius 2 is 1.67 bits per heavy atom. The van der Waals surface area contributed by atoms with Gasteiger partial charge in [-0.3, -0.25) is 0 Å². The standard InChI is InChI=1S/C7H6N2O3/c10-4-5-6(8-11)2-1-3-7(5)9-12/h1-3,10H,4H2. The molecule has 0 spiro atoms. The van der Waals surface area contributed by atoms with Crippen LogP contribution in [-0.2, 0) is 6.61 Å². The summed E-state index contributed by atoms with van der Waals surface area (Å²) in [6.45, 7) is -0.414. The molecule has 1 aromatic carbocycles. The number of aliphatic hydroxyl groups excluding tert-OH is 1. The van der Waals surface area contributed by atoms with Gasteiger partial charge in [0.1, 0.15) is 11.4 Å². The second-order valence-corrected chi connectivity index (χ2v) is 2.12. The smallest absolute Gasteiger partial charge is 0.115 e. The summed E-state index contributed by atoms with van der Waals surface area (Å²) in [4.78, 5) is 20.3. The Labute approximate surface area is 68.0 Å². The van der Waals surface area contributed by atoms with E-state index >= 15 is 0 Å². The fourth-order valence-electron chi connectivity index (χ4n) is 0.896. The normalized spacial score (nSPS) is 9.42. The van der Waals surface area contributed by atoms with Gasteiger partial charge in [-0.15, -0.1) is 9.81 Å². The van der Waals surface area contributed by atoms with Crippen LogP contribution in [0.1, 0.15) is 5.56 Å². The molecule has 0 aliphatic rings. The van der Waals surface area contributed by atoms with Gasteiger partial charge in [0, 0.05) is 5.56 Å². The van der Waals surface area contributed by atoms with Crippen molar-refractivity contribution in [1.82, 2.24) is 0 Å². The van der Waals surface area contributed by atoms with Gasteiger partial charge in [0.2, 0.25) is 0 Å². The van der Waals surface area contributed by atoms with Gasteiger partial charge in [0.05, 0.1) is 6.61 Å². The molecule has 0 bridgehead atoms. The summed E-state index contributed by atoms with van der Waals surface area (Å²) in [5.41, 5.74) is 0.270. The summed E-state index contributed by atoms with van der Waals surface area (Å²) >= 11 is 0. The highest BCUT2D eigenvalue weighted by molar-refractivity contribution is 5.59. The SMILES string of the molecule is O=Nc1cccc(N=O)c1CO. The van der Waals surface area contributed by atoms with E-state index in [0.29, 0.717) is 0 Å². The van der Waals surface area contributed by atoms with Crippen molar-refractivity contribution in [2.24, 2.45) is 10.4 Å². The maximum atomic E-state index is 10.1. The van der Waals surface area contributed by atoms with E-state index in [9.17, 15) is 9.81 Å². The summed E-state index contributed by atoms with van der Waals surface area (Å²) in [6, 6.07) is 4.30. The van der Waals surface area contributed by atoms with Crippen molar-refractivity contribution in [3.8, 4) is 0 Å². The molecule has 0 saturated carbocycles. The highest BCUT2D eigenvalue weighted by Crippen LogP contribution is 2.28. The van der Waals surface area contributed by atoms with Crippen LogP contribution in [0.25, 0.3) is 0 Å². The van der Waals surface area contributed by atoms with E-state index in [-0.39, 0.29) is 16.9 Å².